The van der Waals surface area contributed by atoms with Gasteiger partial charge in [-0.25, -0.2) is 8.78 Å². The molecule has 0 aliphatic carbocycles. The zero-order valence-electron chi connectivity index (χ0n) is 9.74. The zero-order chi connectivity index (χ0) is 12.3. The van der Waals surface area contributed by atoms with Crippen molar-refractivity contribution in [2.75, 3.05) is 18.6 Å². The van der Waals surface area contributed by atoms with Crippen LogP contribution in [-0.4, -0.2) is 24.8 Å². The van der Waals surface area contributed by atoms with Gasteiger partial charge < -0.3 is 10.0 Å². The van der Waals surface area contributed by atoms with Gasteiger partial charge in [-0.1, -0.05) is 13.8 Å². The summed E-state index contributed by atoms with van der Waals surface area (Å²) in [6, 6.07) is 3.63. The normalized spacial score (nSPS) is 12.9. The van der Waals surface area contributed by atoms with Crippen LogP contribution in [0.1, 0.15) is 13.8 Å². The first kappa shape index (κ1) is 12.9. The molecule has 90 valence electrons. The maximum Gasteiger partial charge on any atom is 0.160 e. The van der Waals surface area contributed by atoms with E-state index in [-0.39, 0.29) is 18.6 Å². The fourth-order valence-electron chi connectivity index (χ4n) is 1.68. The highest BCUT2D eigenvalue weighted by molar-refractivity contribution is 5.47. The highest BCUT2D eigenvalue weighted by Gasteiger charge is 2.18. The van der Waals surface area contributed by atoms with E-state index in [9.17, 15) is 13.9 Å². The Balaban J connectivity index is 2.94. The fourth-order valence-corrected chi connectivity index (χ4v) is 1.68. The van der Waals surface area contributed by atoms with Crippen molar-refractivity contribution in [3.63, 3.8) is 0 Å². The number of likely N-dealkylation sites (N-methyl/N-ethyl adjacent to an activating group) is 1. The van der Waals surface area contributed by atoms with E-state index >= 15 is 0 Å². The topological polar surface area (TPSA) is 23.5 Å². The Labute approximate surface area is 94.5 Å². The second-order valence-corrected chi connectivity index (χ2v) is 4.20. The van der Waals surface area contributed by atoms with Crippen LogP contribution in [0.4, 0.5) is 14.5 Å². The lowest BCUT2D eigenvalue weighted by Gasteiger charge is -2.31. The molecule has 0 saturated carbocycles. The van der Waals surface area contributed by atoms with Gasteiger partial charge in [-0.15, -0.1) is 0 Å². The Kier molecular flexibility index (Phi) is 4.24. The number of nitrogens with zero attached hydrogens (tertiary/aromatic N) is 1. The molecule has 1 rings (SSSR count). The predicted octanol–water partition coefficient (Wildman–Crippen LogP) is 2.42. The molecule has 0 saturated heterocycles. The maximum atomic E-state index is 13.0. The van der Waals surface area contributed by atoms with Crippen molar-refractivity contribution in [1.82, 2.24) is 0 Å². The van der Waals surface area contributed by atoms with Gasteiger partial charge in [0.15, 0.2) is 11.6 Å². The number of hydrogen-bond acceptors (Lipinski definition) is 2. The number of aliphatic hydroxyl groups is 1. The van der Waals surface area contributed by atoms with Gasteiger partial charge in [0, 0.05) is 18.8 Å². The number of benzene rings is 1. The largest absolute Gasteiger partial charge is 0.394 e. The van der Waals surface area contributed by atoms with E-state index in [0.717, 1.165) is 12.1 Å². The van der Waals surface area contributed by atoms with Gasteiger partial charge in [0.2, 0.25) is 0 Å². The average Bonchev–Trinajstić information content (AvgIpc) is 2.22. The summed E-state index contributed by atoms with van der Waals surface area (Å²) in [5.41, 5.74) is 0.562. The van der Waals surface area contributed by atoms with Gasteiger partial charge in [-0.2, -0.15) is 0 Å². The Morgan fingerprint density at radius 3 is 2.31 bits per heavy atom. The van der Waals surface area contributed by atoms with Gasteiger partial charge in [0.05, 0.1) is 12.6 Å². The summed E-state index contributed by atoms with van der Waals surface area (Å²) in [6.07, 6.45) is 0. The maximum absolute atomic E-state index is 13.0. The van der Waals surface area contributed by atoms with Crippen LogP contribution in [0.3, 0.4) is 0 Å². The van der Waals surface area contributed by atoms with Crippen LogP contribution in [0.2, 0.25) is 0 Å². The molecule has 0 radical (unpaired) electrons. The second kappa shape index (κ2) is 5.25. The van der Waals surface area contributed by atoms with Crippen LogP contribution >= 0.6 is 0 Å². The van der Waals surface area contributed by atoms with Crippen molar-refractivity contribution in [2.24, 2.45) is 5.92 Å². The summed E-state index contributed by atoms with van der Waals surface area (Å²) in [6.45, 7) is 3.92. The molecule has 0 heterocycles. The standard InChI is InChI=1S/C12H17F2NO/c1-8(2)12(7-16)15(3)9-4-5-10(13)11(14)6-9/h4-6,8,12,16H,7H2,1-3H3. The van der Waals surface area contributed by atoms with Crippen LogP contribution in [0.15, 0.2) is 18.2 Å². The van der Waals surface area contributed by atoms with Crippen LogP contribution in [0.5, 0.6) is 0 Å². The minimum absolute atomic E-state index is 0.0207. The number of aliphatic hydroxyl groups excluding tert-OH is 1. The van der Waals surface area contributed by atoms with Gasteiger partial charge in [0.25, 0.3) is 0 Å². The Hall–Kier alpha value is -1.16. The molecule has 16 heavy (non-hydrogen) atoms. The van der Waals surface area contributed by atoms with E-state index in [4.69, 9.17) is 0 Å². The lowest BCUT2D eigenvalue weighted by molar-refractivity contribution is 0.234. The Morgan fingerprint density at radius 1 is 1.25 bits per heavy atom. The first-order valence-corrected chi connectivity index (χ1v) is 5.26. The van der Waals surface area contributed by atoms with Crippen molar-refractivity contribution in [2.45, 2.75) is 19.9 Å². The van der Waals surface area contributed by atoms with Crippen molar-refractivity contribution < 1.29 is 13.9 Å². The van der Waals surface area contributed by atoms with Gasteiger partial charge in [0.1, 0.15) is 0 Å². The minimum Gasteiger partial charge on any atom is -0.394 e. The van der Waals surface area contributed by atoms with Gasteiger partial charge >= 0.3 is 0 Å². The average molecular weight is 229 g/mol. The van der Waals surface area contributed by atoms with Gasteiger partial charge in [-0.3, -0.25) is 0 Å². The van der Waals surface area contributed by atoms with Crippen LogP contribution in [-0.2, 0) is 0 Å². The molecule has 0 amide bonds. The quantitative estimate of drug-likeness (QED) is 0.857. The molecule has 1 N–H and O–H groups in total. The van der Waals surface area contributed by atoms with E-state index < -0.39 is 11.6 Å². The molecular weight excluding hydrogens is 212 g/mol. The summed E-state index contributed by atoms with van der Waals surface area (Å²) >= 11 is 0. The van der Waals surface area contributed by atoms with E-state index in [1.807, 2.05) is 13.8 Å². The first-order valence-electron chi connectivity index (χ1n) is 5.26. The molecule has 0 fully saturated rings. The molecule has 1 atom stereocenters. The number of anilines is 1. The third kappa shape index (κ3) is 2.70. The smallest absolute Gasteiger partial charge is 0.160 e. The summed E-state index contributed by atoms with van der Waals surface area (Å²) in [5, 5.41) is 9.24. The molecule has 1 aromatic rings. The zero-order valence-corrected chi connectivity index (χ0v) is 9.74. The molecule has 1 aromatic carbocycles. The van der Waals surface area contributed by atoms with Crippen molar-refractivity contribution >= 4 is 5.69 Å². The number of rotatable bonds is 4. The molecule has 0 aliphatic heterocycles. The van der Waals surface area contributed by atoms with E-state index in [1.54, 1.807) is 11.9 Å². The summed E-state index contributed by atoms with van der Waals surface area (Å²) in [7, 11) is 1.76. The second-order valence-electron chi connectivity index (χ2n) is 4.20. The number of halogens is 2. The first-order chi connectivity index (χ1) is 7.47. The predicted molar refractivity (Wildman–Crippen MR) is 60.5 cm³/mol. The molecule has 0 aromatic heterocycles. The summed E-state index contributed by atoms with van der Waals surface area (Å²) in [4.78, 5) is 1.76. The van der Waals surface area contributed by atoms with Crippen LogP contribution < -0.4 is 4.90 Å². The molecule has 0 spiro atoms. The van der Waals surface area contributed by atoms with E-state index in [0.29, 0.717) is 5.69 Å². The third-order valence-corrected chi connectivity index (χ3v) is 2.76. The molecule has 0 aliphatic rings. The fraction of sp³-hybridized carbons (Fsp3) is 0.500. The highest BCUT2D eigenvalue weighted by Crippen LogP contribution is 2.21. The van der Waals surface area contributed by atoms with Crippen molar-refractivity contribution in [3.8, 4) is 0 Å². The van der Waals surface area contributed by atoms with Gasteiger partial charge in [-0.05, 0) is 18.1 Å². The molecular formula is C12H17F2NO. The van der Waals surface area contributed by atoms with Crippen molar-refractivity contribution in [1.29, 1.82) is 0 Å². The minimum atomic E-state index is -0.871. The van der Waals surface area contributed by atoms with E-state index in [1.165, 1.54) is 6.07 Å². The lowest BCUT2D eigenvalue weighted by Crippen LogP contribution is -2.39. The van der Waals surface area contributed by atoms with Crippen LogP contribution in [0.25, 0.3) is 0 Å². The molecule has 2 nitrogen and oxygen atoms in total. The molecule has 4 heteroatoms. The Morgan fingerprint density at radius 2 is 1.88 bits per heavy atom. The summed E-state index contributed by atoms with van der Waals surface area (Å²) < 4.78 is 25.8. The summed E-state index contributed by atoms with van der Waals surface area (Å²) in [5.74, 6) is -1.50. The monoisotopic (exact) mass is 229 g/mol. The van der Waals surface area contributed by atoms with Crippen molar-refractivity contribution in [3.05, 3.63) is 29.8 Å². The van der Waals surface area contributed by atoms with Crippen LogP contribution in [0, 0.1) is 17.6 Å². The lowest BCUT2D eigenvalue weighted by atomic mass is 10.0. The Bertz CT molecular complexity index is 355. The SMILES string of the molecule is CC(C)C(CO)N(C)c1ccc(F)c(F)c1. The molecule has 1 unspecified atom stereocenters. The van der Waals surface area contributed by atoms with E-state index in [2.05, 4.69) is 0 Å². The number of hydrogen-bond donors (Lipinski definition) is 1. The third-order valence-electron chi connectivity index (χ3n) is 2.76. The highest BCUT2D eigenvalue weighted by atomic mass is 19.2. The molecule has 0 bridgehead atoms.